The van der Waals surface area contributed by atoms with Crippen LogP contribution in [0.1, 0.15) is 15.9 Å². The molecular weight excluding hydrogens is 269 g/mol. The predicted octanol–water partition coefficient (Wildman–Crippen LogP) is 3.25. The lowest BCUT2D eigenvalue weighted by atomic mass is 10.1. The molecule has 0 saturated heterocycles. The fourth-order valence-corrected chi connectivity index (χ4v) is 1.64. The van der Waals surface area contributed by atoms with E-state index >= 15 is 0 Å². The van der Waals surface area contributed by atoms with Crippen LogP contribution >= 0.6 is 0 Å². The first kappa shape index (κ1) is 13.9. The molecule has 0 aliphatic carbocycles. The molecule has 104 valence electrons. The number of nitrogens with one attached hydrogen (secondary N) is 1. The van der Waals surface area contributed by atoms with E-state index in [1.54, 1.807) is 0 Å². The summed E-state index contributed by atoms with van der Waals surface area (Å²) in [6.45, 7) is 1.54. The molecule has 0 heterocycles. The minimum atomic E-state index is -1.01. The number of nitrogen functional groups attached to an aromatic ring is 1. The lowest BCUT2D eigenvalue weighted by Gasteiger charge is -2.08. The number of halogens is 3. The smallest absolute Gasteiger partial charge is 0.255 e. The molecule has 0 aliphatic rings. The molecule has 0 saturated carbocycles. The maximum atomic E-state index is 13.3. The maximum Gasteiger partial charge on any atom is 0.255 e. The Morgan fingerprint density at radius 1 is 1.05 bits per heavy atom. The second kappa shape index (κ2) is 5.24. The van der Waals surface area contributed by atoms with Crippen molar-refractivity contribution in [1.82, 2.24) is 0 Å². The zero-order valence-corrected chi connectivity index (χ0v) is 10.5. The molecule has 6 heteroatoms. The molecule has 3 N–H and O–H groups in total. The molecule has 3 nitrogen and oxygen atoms in total. The predicted molar refractivity (Wildman–Crippen MR) is 69.9 cm³/mol. The average Bonchev–Trinajstić information content (AvgIpc) is 2.39. The Hall–Kier alpha value is -2.50. The van der Waals surface area contributed by atoms with Crippen LogP contribution in [0.3, 0.4) is 0 Å². The summed E-state index contributed by atoms with van der Waals surface area (Å²) < 4.78 is 39.6. The number of hydrogen-bond acceptors (Lipinski definition) is 2. The largest absolute Gasteiger partial charge is 0.394 e. The van der Waals surface area contributed by atoms with Gasteiger partial charge in [-0.1, -0.05) is 0 Å². The molecule has 0 aliphatic heterocycles. The Balaban J connectivity index is 2.26. The molecule has 2 aromatic carbocycles. The van der Waals surface area contributed by atoms with E-state index in [0.29, 0.717) is 11.3 Å². The lowest BCUT2D eigenvalue weighted by molar-refractivity contribution is 0.102. The number of carbonyl (C=O) groups excluding carboxylic acids is 1. The van der Waals surface area contributed by atoms with Gasteiger partial charge in [0.1, 0.15) is 23.1 Å². The number of carbonyl (C=O) groups is 1. The zero-order valence-electron chi connectivity index (χ0n) is 10.5. The van der Waals surface area contributed by atoms with Gasteiger partial charge in [0.25, 0.3) is 5.91 Å². The Labute approximate surface area is 113 Å². The highest BCUT2D eigenvalue weighted by Gasteiger charge is 2.13. The molecule has 2 rings (SSSR count). The van der Waals surface area contributed by atoms with Crippen molar-refractivity contribution in [1.29, 1.82) is 0 Å². The first-order valence-electron chi connectivity index (χ1n) is 5.70. The zero-order chi connectivity index (χ0) is 14.9. The summed E-state index contributed by atoms with van der Waals surface area (Å²) in [5.41, 5.74) is 4.94. The van der Waals surface area contributed by atoms with Crippen LogP contribution in [-0.4, -0.2) is 5.91 Å². The fraction of sp³-hybridized carbons (Fsp3) is 0.0714. The molecular formula is C14H11F3N2O. The SMILES string of the molecule is Cc1cc(NC(=O)c2cc(F)c(N)c(F)c2)ccc1F. The molecule has 0 spiro atoms. The number of nitrogens with two attached hydrogens (primary N) is 1. The van der Waals surface area contributed by atoms with Crippen molar-refractivity contribution in [3.05, 3.63) is 58.9 Å². The van der Waals surface area contributed by atoms with Gasteiger partial charge in [-0.15, -0.1) is 0 Å². The van der Waals surface area contributed by atoms with Gasteiger partial charge >= 0.3 is 0 Å². The van der Waals surface area contributed by atoms with Crippen LogP contribution in [0.25, 0.3) is 0 Å². The van der Waals surface area contributed by atoms with E-state index in [-0.39, 0.29) is 5.56 Å². The summed E-state index contributed by atoms with van der Waals surface area (Å²) in [5.74, 6) is -3.14. The number of benzene rings is 2. The number of anilines is 2. The number of aryl methyl sites for hydroxylation is 1. The summed E-state index contributed by atoms with van der Waals surface area (Å²) >= 11 is 0. The Morgan fingerprint density at radius 3 is 2.20 bits per heavy atom. The minimum Gasteiger partial charge on any atom is -0.394 e. The Morgan fingerprint density at radius 2 is 1.65 bits per heavy atom. The molecule has 20 heavy (non-hydrogen) atoms. The van der Waals surface area contributed by atoms with Gasteiger partial charge in [-0.05, 0) is 42.8 Å². The van der Waals surface area contributed by atoms with Gasteiger partial charge < -0.3 is 11.1 Å². The van der Waals surface area contributed by atoms with Crippen molar-refractivity contribution in [3.8, 4) is 0 Å². The molecule has 2 aromatic rings. The van der Waals surface area contributed by atoms with E-state index in [4.69, 9.17) is 5.73 Å². The third kappa shape index (κ3) is 2.74. The first-order valence-corrected chi connectivity index (χ1v) is 5.70. The van der Waals surface area contributed by atoms with Gasteiger partial charge in [-0.2, -0.15) is 0 Å². The van der Waals surface area contributed by atoms with E-state index in [2.05, 4.69) is 5.32 Å². The molecule has 0 aromatic heterocycles. The van der Waals surface area contributed by atoms with Crippen LogP contribution < -0.4 is 11.1 Å². The Bertz CT molecular complexity index is 663. The van der Waals surface area contributed by atoms with Crippen molar-refractivity contribution in [2.45, 2.75) is 6.92 Å². The van der Waals surface area contributed by atoms with E-state index < -0.39 is 29.0 Å². The fourth-order valence-electron chi connectivity index (χ4n) is 1.64. The van der Waals surface area contributed by atoms with Crippen molar-refractivity contribution in [2.24, 2.45) is 0 Å². The third-order valence-corrected chi connectivity index (χ3v) is 2.76. The van der Waals surface area contributed by atoms with Crippen molar-refractivity contribution in [2.75, 3.05) is 11.1 Å². The molecule has 0 radical (unpaired) electrons. The highest BCUT2D eigenvalue weighted by atomic mass is 19.1. The first-order chi connectivity index (χ1) is 9.38. The van der Waals surface area contributed by atoms with E-state index in [1.807, 2.05) is 0 Å². The van der Waals surface area contributed by atoms with Gasteiger partial charge in [-0.25, -0.2) is 13.2 Å². The second-order valence-corrected chi connectivity index (χ2v) is 4.27. The van der Waals surface area contributed by atoms with Gasteiger partial charge in [0.15, 0.2) is 0 Å². The lowest BCUT2D eigenvalue weighted by Crippen LogP contribution is -2.13. The van der Waals surface area contributed by atoms with Gasteiger partial charge in [0, 0.05) is 11.3 Å². The summed E-state index contributed by atoms with van der Waals surface area (Å²) in [6.07, 6.45) is 0. The van der Waals surface area contributed by atoms with E-state index in [1.165, 1.54) is 25.1 Å². The van der Waals surface area contributed by atoms with Crippen LogP contribution in [0, 0.1) is 24.4 Å². The van der Waals surface area contributed by atoms with Crippen LogP contribution in [0.15, 0.2) is 30.3 Å². The quantitative estimate of drug-likeness (QED) is 0.830. The van der Waals surface area contributed by atoms with Crippen molar-refractivity contribution >= 4 is 17.3 Å². The highest BCUT2D eigenvalue weighted by molar-refractivity contribution is 6.04. The standard InChI is InChI=1S/C14H11F3N2O/c1-7-4-9(2-3-10(7)15)19-14(20)8-5-11(16)13(18)12(17)6-8/h2-6H,18H2,1H3,(H,19,20). The molecule has 0 atom stereocenters. The summed E-state index contributed by atoms with van der Waals surface area (Å²) in [7, 11) is 0. The van der Waals surface area contributed by atoms with Crippen LogP contribution in [-0.2, 0) is 0 Å². The van der Waals surface area contributed by atoms with Crippen LogP contribution in [0.2, 0.25) is 0 Å². The van der Waals surface area contributed by atoms with Gasteiger partial charge in [0.2, 0.25) is 0 Å². The highest BCUT2D eigenvalue weighted by Crippen LogP contribution is 2.19. The van der Waals surface area contributed by atoms with E-state index in [9.17, 15) is 18.0 Å². The minimum absolute atomic E-state index is 0.212. The van der Waals surface area contributed by atoms with Crippen LogP contribution in [0.5, 0.6) is 0 Å². The molecule has 1 amide bonds. The molecule has 0 fully saturated rings. The number of rotatable bonds is 2. The molecule has 0 unspecified atom stereocenters. The summed E-state index contributed by atoms with van der Waals surface area (Å²) in [6, 6.07) is 5.63. The van der Waals surface area contributed by atoms with Crippen LogP contribution in [0.4, 0.5) is 24.5 Å². The summed E-state index contributed by atoms with van der Waals surface area (Å²) in [5, 5.41) is 2.42. The van der Waals surface area contributed by atoms with E-state index in [0.717, 1.165) is 12.1 Å². The third-order valence-electron chi connectivity index (χ3n) is 2.76. The topological polar surface area (TPSA) is 55.1 Å². The number of hydrogen-bond donors (Lipinski definition) is 2. The Kier molecular flexibility index (Phi) is 3.65. The van der Waals surface area contributed by atoms with Gasteiger partial charge in [0.05, 0.1) is 0 Å². The summed E-state index contributed by atoms with van der Waals surface area (Å²) in [4.78, 5) is 11.8. The van der Waals surface area contributed by atoms with Crippen molar-refractivity contribution in [3.63, 3.8) is 0 Å². The molecule has 0 bridgehead atoms. The number of amides is 1. The monoisotopic (exact) mass is 280 g/mol. The van der Waals surface area contributed by atoms with Gasteiger partial charge in [-0.3, -0.25) is 4.79 Å². The average molecular weight is 280 g/mol. The van der Waals surface area contributed by atoms with Crippen molar-refractivity contribution < 1.29 is 18.0 Å². The maximum absolute atomic E-state index is 13.3. The second-order valence-electron chi connectivity index (χ2n) is 4.27. The normalized spacial score (nSPS) is 10.4.